The number of nitrogens with one attached hydrogen (secondary N) is 1. The third-order valence-electron chi connectivity index (χ3n) is 4.88. The summed E-state index contributed by atoms with van der Waals surface area (Å²) in [5.41, 5.74) is 10.1. The Morgan fingerprint density at radius 3 is 2.46 bits per heavy atom. The van der Waals surface area contributed by atoms with Crippen LogP contribution in [0.3, 0.4) is 0 Å². The van der Waals surface area contributed by atoms with E-state index in [4.69, 9.17) is 15.2 Å². The number of aromatic nitrogens is 2. The van der Waals surface area contributed by atoms with Gasteiger partial charge in [0.15, 0.2) is 5.16 Å². The van der Waals surface area contributed by atoms with E-state index in [1.54, 1.807) is 38.5 Å². The molecule has 1 heterocycles. The molecule has 0 radical (unpaired) electrons. The molecule has 2 aromatic carbocycles. The summed E-state index contributed by atoms with van der Waals surface area (Å²) in [6, 6.07) is 7.09. The summed E-state index contributed by atoms with van der Waals surface area (Å²) >= 11 is 0. The summed E-state index contributed by atoms with van der Waals surface area (Å²) in [7, 11) is 1.36. The standard InChI is InChI=1S/C20H23N3O4S/c1-10-8-14(11(2)12(3)17(10)27-5)18(19(21)24)28(25)20-22-15-7-6-13(26-4)9-16(15)23-20/h6-9,18H,1-5H3,(H2,21,24)(H,22,23). The van der Waals surface area contributed by atoms with E-state index in [0.29, 0.717) is 22.3 Å². The third kappa shape index (κ3) is 3.35. The van der Waals surface area contributed by atoms with E-state index in [0.717, 1.165) is 22.4 Å². The summed E-state index contributed by atoms with van der Waals surface area (Å²) < 4.78 is 23.9. The summed E-state index contributed by atoms with van der Waals surface area (Å²) in [6.45, 7) is 5.64. The maximum Gasteiger partial charge on any atom is 0.238 e. The first-order chi connectivity index (χ1) is 13.3. The number of aromatic amines is 1. The molecular formula is C20H23N3O4S. The lowest BCUT2D eigenvalue weighted by molar-refractivity contribution is -0.117. The molecule has 0 aliphatic rings. The van der Waals surface area contributed by atoms with Crippen molar-refractivity contribution in [2.24, 2.45) is 5.73 Å². The van der Waals surface area contributed by atoms with Gasteiger partial charge in [0.1, 0.15) is 27.5 Å². The number of methoxy groups -OCH3 is 2. The number of primary amides is 1. The molecule has 0 saturated heterocycles. The molecule has 8 heteroatoms. The van der Waals surface area contributed by atoms with Crippen LogP contribution in [0.5, 0.6) is 11.5 Å². The predicted molar refractivity (Wildman–Crippen MR) is 108 cm³/mol. The second kappa shape index (κ2) is 7.63. The number of carbonyl (C=O) groups is 1. The van der Waals surface area contributed by atoms with Crippen LogP contribution in [0.1, 0.15) is 27.5 Å². The fraction of sp³-hybridized carbons (Fsp3) is 0.300. The second-order valence-electron chi connectivity index (χ2n) is 6.57. The van der Waals surface area contributed by atoms with Crippen LogP contribution in [0.4, 0.5) is 0 Å². The molecule has 7 nitrogen and oxygen atoms in total. The van der Waals surface area contributed by atoms with Crippen LogP contribution in [-0.2, 0) is 15.6 Å². The Morgan fingerprint density at radius 2 is 1.86 bits per heavy atom. The Hall–Kier alpha value is -2.87. The number of aryl methyl sites for hydroxylation is 1. The van der Waals surface area contributed by atoms with E-state index in [1.165, 1.54) is 0 Å². The molecule has 3 rings (SSSR count). The average molecular weight is 401 g/mol. The van der Waals surface area contributed by atoms with E-state index < -0.39 is 22.0 Å². The van der Waals surface area contributed by atoms with Gasteiger partial charge in [0, 0.05) is 6.07 Å². The lowest BCUT2D eigenvalue weighted by atomic mass is 9.96. The van der Waals surface area contributed by atoms with Crippen molar-refractivity contribution >= 4 is 27.7 Å². The first-order valence-corrected chi connectivity index (χ1v) is 9.88. The van der Waals surface area contributed by atoms with Gasteiger partial charge in [-0.15, -0.1) is 0 Å². The smallest absolute Gasteiger partial charge is 0.238 e. The largest absolute Gasteiger partial charge is 0.497 e. The van der Waals surface area contributed by atoms with Crippen molar-refractivity contribution in [3.63, 3.8) is 0 Å². The van der Waals surface area contributed by atoms with Gasteiger partial charge >= 0.3 is 0 Å². The summed E-state index contributed by atoms with van der Waals surface area (Å²) in [4.78, 5) is 19.7. The number of carbonyl (C=O) groups excluding carboxylic acids is 1. The molecule has 0 aliphatic heterocycles. The van der Waals surface area contributed by atoms with E-state index >= 15 is 0 Å². The first-order valence-electron chi connectivity index (χ1n) is 8.66. The highest BCUT2D eigenvalue weighted by Gasteiger charge is 2.31. The minimum absolute atomic E-state index is 0.192. The van der Waals surface area contributed by atoms with E-state index in [9.17, 15) is 9.00 Å². The number of nitrogens with two attached hydrogens (primary N) is 1. The van der Waals surface area contributed by atoms with Gasteiger partial charge in [-0.1, -0.05) is 6.07 Å². The SMILES string of the molecule is COc1ccc2nc(S(=O)C(C(N)=O)c3cc(C)c(OC)c(C)c3C)[nH]c2c1. The van der Waals surface area contributed by atoms with Crippen LogP contribution in [0.15, 0.2) is 29.4 Å². The number of imidazole rings is 1. The van der Waals surface area contributed by atoms with Gasteiger partial charge in [-0.05, 0) is 55.2 Å². The molecule has 0 aliphatic carbocycles. The van der Waals surface area contributed by atoms with Crippen LogP contribution >= 0.6 is 0 Å². The van der Waals surface area contributed by atoms with Crippen molar-refractivity contribution in [2.45, 2.75) is 31.2 Å². The van der Waals surface area contributed by atoms with Gasteiger partial charge in [0.2, 0.25) is 5.91 Å². The molecule has 3 N–H and O–H groups in total. The Morgan fingerprint density at radius 1 is 1.14 bits per heavy atom. The minimum atomic E-state index is -1.80. The summed E-state index contributed by atoms with van der Waals surface area (Å²) in [6.07, 6.45) is 0. The average Bonchev–Trinajstić information content (AvgIpc) is 3.09. The van der Waals surface area contributed by atoms with E-state index in [2.05, 4.69) is 9.97 Å². The Kier molecular flexibility index (Phi) is 5.42. The molecule has 0 fully saturated rings. The molecule has 2 atom stereocenters. The molecule has 0 bridgehead atoms. The lowest BCUT2D eigenvalue weighted by Gasteiger charge is -2.20. The predicted octanol–water partition coefficient (Wildman–Crippen LogP) is 2.84. The lowest BCUT2D eigenvalue weighted by Crippen LogP contribution is -2.26. The fourth-order valence-electron chi connectivity index (χ4n) is 3.35. The van der Waals surface area contributed by atoms with Crippen molar-refractivity contribution < 1.29 is 18.5 Å². The first kappa shape index (κ1) is 19.9. The van der Waals surface area contributed by atoms with E-state index in [1.807, 2.05) is 20.8 Å². The van der Waals surface area contributed by atoms with E-state index in [-0.39, 0.29) is 5.16 Å². The van der Waals surface area contributed by atoms with Crippen LogP contribution in [-0.4, -0.2) is 34.3 Å². The molecule has 3 aromatic rings. The van der Waals surface area contributed by atoms with Crippen molar-refractivity contribution in [2.75, 3.05) is 14.2 Å². The summed E-state index contributed by atoms with van der Waals surface area (Å²) in [5, 5.41) is -0.844. The van der Waals surface area contributed by atoms with Crippen LogP contribution in [0.25, 0.3) is 11.0 Å². The van der Waals surface area contributed by atoms with Crippen molar-refractivity contribution in [1.82, 2.24) is 9.97 Å². The van der Waals surface area contributed by atoms with Crippen molar-refractivity contribution in [3.05, 3.63) is 46.5 Å². The third-order valence-corrected chi connectivity index (χ3v) is 6.37. The maximum atomic E-state index is 13.3. The zero-order valence-electron chi connectivity index (χ0n) is 16.5. The molecular weight excluding hydrogens is 378 g/mol. The number of nitrogens with zero attached hydrogens (tertiary/aromatic N) is 1. The number of ether oxygens (including phenoxy) is 2. The van der Waals surface area contributed by atoms with Crippen LogP contribution < -0.4 is 15.2 Å². The van der Waals surface area contributed by atoms with Gasteiger partial charge in [0.25, 0.3) is 0 Å². The second-order valence-corrected chi connectivity index (χ2v) is 8.02. The molecule has 0 spiro atoms. The number of hydrogen-bond acceptors (Lipinski definition) is 5. The van der Waals surface area contributed by atoms with Crippen molar-refractivity contribution in [1.29, 1.82) is 0 Å². The van der Waals surface area contributed by atoms with Gasteiger partial charge in [-0.3, -0.25) is 4.79 Å². The number of amides is 1. The normalized spacial score (nSPS) is 13.3. The van der Waals surface area contributed by atoms with Gasteiger partial charge in [-0.2, -0.15) is 0 Å². The Labute approximate surface area is 165 Å². The molecule has 0 saturated carbocycles. The number of fused-ring (bicyclic) bond motifs is 1. The monoisotopic (exact) mass is 401 g/mol. The number of H-pyrrole nitrogens is 1. The number of benzene rings is 2. The zero-order chi connectivity index (χ0) is 20.6. The summed E-state index contributed by atoms with van der Waals surface area (Å²) in [5.74, 6) is 0.715. The van der Waals surface area contributed by atoms with Gasteiger partial charge in [-0.25, -0.2) is 9.19 Å². The maximum absolute atomic E-state index is 13.3. The highest BCUT2D eigenvalue weighted by atomic mass is 32.2. The number of rotatable bonds is 6. The molecule has 1 amide bonds. The topological polar surface area (TPSA) is 107 Å². The molecule has 148 valence electrons. The van der Waals surface area contributed by atoms with Crippen LogP contribution in [0.2, 0.25) is 0 Å². The number of hydrogen-bond donors (Lipinski definition) is 2. The van der Waals surface area contributed by atoms with Crippen LogP contribution in [0, 0.1) is 20.8 Å². The molecule has 1 aromatic heterocycles. The van der Waals surface area contributed by atoms with Gasteiger partial charge in [0.05, 0.1) is 25.3 Å². The Balaban J connectivity index is 2.11. The highest BCUT2D eigenvalue weighted by Crippen LogP contribution is 2.35. The Bertz CT molecular complexity index is 1090. The minimum Gasteiger partial charge on any atom is -0.497 e. The zero-order valence-corrected chi connectivity index (χ0v) is 17.3. The fourth-order valence-corrected chi connectivity index (χ4v) is 4.66. The quantitative estimate of drug-likeness (QED) is 0.660. The van der Waals surface area contributed by atoms with Crippen molar-refractivity contribution in [3.8, 4) is 11.5 Å². The molecule has 28 heavy (non-hydrogen) atoms. The van der Waals surface area contributed by atoms with Gasteiger partial charge < -0.3 is 20.2 Å². The molecule has 2 unspecified atom stereocenters. The highest BCUT2D eigenvalue weighted by molar-refractivity contribution is 7.85.